The number of anilines is 1. The average Bonchev–Trinajstić information content (AvgIpc) is 2.82. The Morgan fingerprint density at radius 1 is 1.25 bits per heavy atom. The number of furan rings is 1. The zero-order valence-electron chi connectivity index (χ0n) is 7.98. The van der Waals surface area contributed by atoms with Gasteiger partial charge in [0, 0.05) is 10.4 Å². The van der Waals surface area contributed by atoms with Gasteiger partial charge in [0.1, 0.15) is 5.58 Å². The lowest BCUT2D eigenvalue weighted by molar-refractivity contribution is 0.630. The van der Waals surface area contributed by atoms with Crippen LogP contribution in [0.15, 0.2) is 28.7 Å². The standard InChI is InChI=1S/C10H6ClN3OS/c11-6-1-2-7-5(3-6)4-8(15-7)9-10(12)14-16-13-9/h1-4H,(H2,12,14). The number of hydrogen-bond acceptors (Lipinski definition) is 5. The molecular weight excluding hydrogens is 246 g/mol. The van der Waals surface area contributed by atoms with Crippen LogP contribution in [-0.2, 0) is 0 Å². The molecule has 2 aromatic heterocycles. The van der Waals surface area contributed by atoms with Crippen LogP contribution in [0.25, 0.3) is 22.4 Å². The van der Waals surface area contributed by atoms with Crippen molar-refractivity contribution in [1.82, 2.24) is 8.75 Å². The van der Waals surface area contributed by atoms with E-state index in [-0.39, 0.29) is 0 Å². The molecule has 0 aliphatic carbocycles. The van der Waals surface area contributed by atoms with E-state index in [2.05, 4.69) is 8.75 Å². The van der Waals surface area contributed by atoms with Crippen molar-refractivity contribution in [1.29, 1.82) is 0 Å². The number of halogens is 1. The fourth-order valence-electron chi connectivity index (χ4n) is 1.50. The van der Waals surface area contributed by atoms with E-state index < -0.39 is 0 Å². The molecule has 2 N–H and O–H groups in total. The van der Waals surface area contributed by atoms with Crippen molar-refractivity contribution in [2.24, 2.45) is 0 Å². The highest BCUT2D eigenvalue weighted by atomic mass is 35.5. The minimum absolute atomic E-state index is 0.384. The van der Waals surface area contributed by atoms with Crippen molar-refractivity contribution in [3.63, 3.8) is 0 Å². The first-order valence-electron chi connectivity index (χ1n) is 4.51. The van der Waals surface area contributed by atoms with Gasteiger partial charge >= 0.3 is 0 Å². The maximum atomic E-state index is 5.89. The summed E-state index contributed by atoms with van der Waals surface area (Å²) in [6.07, 6.45) is 0. The zero-order chi connectivity index (χ0) is 11.1. The molecule has 80 valence electrons. The normalized spacial score (nSPS) is 11.1. The van der Waals surface area contributed by atoms with Gasteiger partial charge in [-0.15, -0.1) is 0 Å². The van der Waals surface area contributed by atoms with Gasteiger partial charge < -0.3 is 10.2 Å². The topological polar surface area (TPSA) is 64.9 Å². The summed E-state index contributed by atoms with van der Waals surface area (Å²) in [5, 5.41) is 1.60. The zero-order valence-corrected chi connectivity index (χ0v) is 9.55. The van der Waals surface area contributed by atoms with Gasteiger partial charge in [0.25, 0.3) is 0 Å². The fraction of sp³-hybridized carbons (Fsp3) is 0. The Balaban J connectivity index is 2.23. The van der Waals surface area contributed by atoms with E-state index in [1.54, 1.807) is 6.07 Å². The molecule has 0 bridgehead atoms. The van der Waals surface area contributed by atoms with Crippen LogP contribution < -0.4 is 5.73 Å². The predicted octanol–water partition coefficient (Wildman–Crippen LogP) is 3.19. The Bertz CT molecular complexity index is 661. The van der Waals surface area contributed by atoms with Crippen molar-refractivity contribution in [3.05, 3.63) is 29.3 Å². The van der Waals surface area contributed by atoms with E-state index in [0.717, 1.165) is 22.7 Å². The summed E-state index contributed by atoms with van der Waals surface area (Å²) in [6.45, 7) is 0. The second-order valence-corrected chi connectivity index (χ2v) is 4.26. The Hall–Kier alpha value is -1.59. The van der Waals surface area contributed by atoms with Crippen molar-refractivity contribution in [2.45, 2.75) is 0 Å². The monoisotopic (exact) mass is 251 g/mol. The molecule has 6 heteroatoms. The number of fused-ring (bicyclic) bond motifs is 1. The summed E-state index contributed by atoms with van der Waals surface area (Å²) in [7, 11) is 0. The Morgan fingerprint density at radius 3 is 2.88 bits per heavy atom. The van der Waals surface area contributed by atoms with Gasteiger partial charge in [-0.2, -0.15) is 8.75 Å². The van der Waals surface area contributed by atoms with E-state index in [9.17, 15) is 0 Å². The molecule has 3 rings (SSSR count). The molecule has 0 fully saturated rings. The Morgan fingerprint density at radius 2 is 2.12 bits per heavy atom. The van der Waals surface area contributed by atoms with Crippen LogP contribution in [0.3, 0.4) is 0 Å². The van der Waals surface area contributed by atoms with E-state index in [1.165, 1.54) is 0 Å². The summed E-state index contributed by atoms with van der Waals surface area (Å²) in [4.78, 5) is 0. The van der Waals surface area contributed by atoms with Crippen LogP contribution >= 0.6 is 23.3 Å². The third-order valence-corrected chi connectivity index (χ3v) is 3.00. The number of hydrogen-bond donors (Lipinski definition) is 1. The highest BCUT2D eigenvalue weighted by Gasteiger charge is 2.12. The van der Waals surface area contributed by atoms with Crippen LogP contribution in [0.5, 0.6) is 0 Å². The Labute approximate surface area is 100.0 Å². The van der Waals surface area contributed by atoms with Crippen molar-refractivity contribution in [3.8, 4) is 11.5 Å². The molecule has 1 aromatic carbocycles. The molecule has 0 unspecified atom stereocenters. The average molecular weight is 252 g/mol. The highest BCUT2D eigenvalue weighted by molar-refractivity contribution is 6.99. The van der Waals surface area contributed by atoms with Crippen LogP contribution in [0.4, 0.5) is 5.82 Å². The second kappa shape index (κ2) is 3.47. The molecule has 0 radical (unpaired) electrons. The van der Waals surface area contributed by atoms with Crippen LogP contribution in [0, 0.1) is 0 Å². The summed E-state index contributed by atoms with van der Waals surface area (Å²) < 4.78 is 13.6. The van der Waals surface area contributed by atoms with E-state index in [4.69, 9.17) is 21.8 Å². The minimum Gasteiger partial charge on any atom is -0.454 e. The molecule has 2 heterocycles. The lowest BCUT2D eigenvalue weighted by Crippen LogP contribution is -1.86. The van der Waals surface area contributed by atoms with Gasteiger partial charge in [0.15, 0.2) is 17.3 Å². The molecule has 0 saturated heterocycles. The molecule has 0 atom stereocenters. The number of aromatic nitrogens is 2. The molecule has 0 aliphatic heterocycles. The highest BCUT2D eigenvalue weighted by Crippen LogP contribution is 2.31. The summed E-state index contributed by atoms with van der Waals surface area (Å²) in [6, 6.07) is 7.28. The number of benzene rings is 1. The predicted molar refractivity (Wildman–Crippen MR) is 64.5 cm³/mol. The van der Waals surface area contributed by atoms with Crippen LogP contribution in [-0.4, -0.2) is 8.75 Å². The van der Waals surface area contributed by atoms with Gasteiger partial charge in [-0.1, -0.05) is 11.6 Å². The van der Waals surface area contributed by atoms with Gasteiger partial charge in [-0.05, 0) is 24.3 Å². The number of rotatable bonds is 1. The van der Waals surface area contributed by atoms with Crippen molar-refractivity contribution >= 4 is 40.1 Å². The number of nitrogens with two attached hydrogens (primary N) is 1. The van der Waals surface area contributed by atoms with Crippen molar-refractivity contribution in [2.75, 3.05) is 5.73 Å². The first-order valence-corrected chi connectivity index (χ1v) is 5.62. The third-order valence-electron chi connectivity index (χ3n) is 2.23. The molecule has 3 aromatic rings. The summed E-state index contributed by atoms with van der Waals surface area (Å²) in [5.41, 5.74) is 7.01. The van der Waals surface area contributed by atoms with E-state index >= 15 is 0 Å². The van der Waals surface area contributed by atoms with Gasteiger partial charge in [-0.25, -0.2) is 0 Å². The van der Waals surface area contributed by atoms with E-state index in [0.29, 0.717) is 22.3 Å². The smallest absolute Gasteiger partial charge is 0.168 e. The number of nitrogens with zero attached hydrogens (tertiary/aromatic N) is 2. The second-order valence-electron chi connectivity index (χ2n) is 3.29. The summed E-state index contributed by atoms with van der Waals surface area (Å²) in [5.74, 6) is 0.999. The number of nitrogen functional groups attached to an aromatic ring is 1. The maximum absolute atomic E-state index is 5.89. The van der Waals surface area contributed by atoms with Gasteiger partial charge in [-0.3, -0.25) is 0 Å². The van der Waals surface area contributed by atoms with Crippen molar-refractivity contribution < 1.29 is 4.42 Å². The largest absolute Gasteiger partial charge is 0.454 e. The van der Waals surface area contributed by atoms with Gasteiger partial charge in [0.05, 0.1) is 11.7 Å². The van der Waals surface area contributed by atoms with Crippen LogP contribution in [0.2, 0.25) is 5.02 Å². The minimum atomic E-state index is 0.384. The van der Waals surface area contributed by atoms with E-state index in [1.807, 2.05) is 18.2 Å². The first-order chi connectivity index (χ1) is 7.74. The lowest BCUT2D eigenvalue weighted by Gasteiger charge is -1.89. The molecule has 0 spiro atoms. The molecular formula is C10H6ClN3OS. The Kier molecular flexibility index (Phi) is 2.08. The maximum Gasteiger partial charge on any atom is 0.168 e. The first kappa shape index (κ1) is 9.62. The third kappa shape index (κ3) is 1.45. The molecule has 0 aliphatic rings. The quantitative estimate of drug-likeness (QED) is 0.721. The molecule has 16 heavy (non-hydrogen) atoms. The SMILES string of the molecule is Nc1nsnc1-c1cc2cc(Cl)ccc2o1. The molecule has 4 nitrogen and oxygen atoms in total. The van der Waals surface area contributed by atoms with Crippen LogP contribution in [0.1, 0.15) is 0 Å². The molecule has 0 amide bonds. The molecule has 0 saturated carbocycles. The summed E-state index contributed by atoms with van der Waals surface area (Å²) >= 11 is 6.95. The fourth-order valence-corrected chi connectivity index (χ4v) is 2.16. The van der Waals surface area contributed by atoms with Gasteiger partial charge in [0.2, 0.25) is 0 Å². The lowest BCUT2D eigenvalue weighted by atomic mass is 10.2.